The van der Waals surface area contributed by atoms with Crippen LogP contribution in [0, 0.1) is 0 Å². The smallest absolute Gasteiger partial charge is 0.225 e. The average molecular weight is 397 g/mol. The van der Waals surface area contributed by atoms with Crippen molar-refractivity contribution >= 4 is 47.0 Å². The van der Waals surface area contributed by atoms with Gasteiger partial charge in [-0.15, -0.1) is 12.4 Å². The lowest BCUT2D eigenvalue weighted by Gasteiger charge is -2.28. The molecule has 27 heavy (non-hydrogen) atoms. The van der Waals surface area contributed by atoms with E-state index < -0.39 is 0 Å². The molecule has 9 nitrogen and oxygen atoms in total. The molecule has 1 aliphatic carbocycles. The number of nitrogens with one attached hydrogen (secondary N) is 4. The Morgan fingerprint density at radius 1 is 0.926 bits per heavy atom. The van der Waals surface area contributed by atoms with Crippen LogP contribution in [-0.4, -0.2) is 57.8 Å². The fourth-order valence-corrected chi connectivity index (χ4v) is 3.19. The Hall–Kier alpha value is -2.13. The topological polar surface area (TPSA) is 120 Å². The second-order valence-electron chi connectivity index (χ2n) is 6.52. The summed E-state index contributed by atoms with van der Waals surface area (Å²) in [6.45, 7) is 2.89. The van der Waals surface area contributed by atoms with Gasteiger partial charge in [0.2, 0.25) is 11.9 Å². The Morgan fingerprint density at radius 3 is 2.11 bits per heavy atom. The second-order valence-corrected chi connectivity index (χ2v) is 6.52. The van der Waals surface area contributed by atoms with Crippen molar-refractivity contribution in [2.75, 3.05) is 41.9 Å². The van der Waals surface area contributed by atoms with Gasteiger partial charge in [0.05, 0.1) is 12.1 Å². The Kier molecular flexibility index (Phi) is 7.61. The summed E-state index contributed by atoms with van der Waals surface area (Å²) in [6.07, 6.45) is 4.48. The van der Waals surface area contributed by atoms with Crippen molar-refractivity contribution < 1.29 is 5.11 Å². The molecule has 3 rings (SSSR count). The maximum Gasteiger partial charge on any atom is 0.225 e. The van der Waals surface area contributed by atoms with Gasteiger partial charge in [-0.3, -0.25) is 0 Å². The molecule has 0 aromatic carbocycles. The van der Waals surface area contributed by atoms with Gasteiger partial charge in [-0.25, -0.2) is 9.97 Å². The van der Waals surface area contributed by atoms with Crippen LogP contribution >= 0.6 is 12.4 Å². The third-order valence-corrected chi connectivity index (χ3v) is 4.59. The molecule has 2 heterocycles. The maximum absolute atomic E-state index is 10.2. The van der Waals surface area contributed by atoms with E-state index in [0.717, 1.165) is 38.6 Å². The number of halogens is 1. The largest absolute Gasteiger partial charge is 0.391 e. The molecule has 150 valence electrons. The highest BCUT2D eigenvalue weighted by atomic mass is 35.5. The molecule has 0 saturated heterocycles. The van der Waals surface area contributed by atoms with Crippen molar-refractivity contribution in [3.8, 4) is 0 Å². The summed E-state index contributed by atoms with van der Waals surface area (Å²) >= 11 is 0. The summed E-state index contributed by atoms with van der Waals surface area (Å²) in [4.78, 5) is 18.2. The molecule has 10 heteroatoms. The maximum atomic E-state index is 10.2. The molecule has 2 atom stereocenters. The van der Waals surface area contributed by atoms with E-state index in [4.69, 9.17) is 0 Å². The van der Waals surface area contributed by atoms with Crippen LogP contribution in [0.2, 0.25) is 0 Å². The predicted molar refractivity (Wildman–Crippen MR) is 112 cm³/mol. The van der Waals surface area contributed by atoms with E-state index in [1.54, 1.807) is 7.05 Å². The third-order valence-electron chi connectivity index (χ3n) is 4.59. The zero-order valence-electron chi connectivity index (χ0n) is 16.0. The van der Waals surface area contributed by atoms with Crippen LogP contribution in [0.4, 0.5) is 23.5 Å². The third kappa shape index (κ3) is 4.78. The van der Waals surface area contributed by atoms with Crippen molar-refractivity contribution in [1.29, 1.82) is 0 Å². The number of aliphatic hydroxyl groups is 1. The quantitative estimate of drug-likeness (QED) is 0.480. The van der Waals surface area contributed by atoms with E-state index in [1.165, 1.54) is 0 Å². The highest BCUT2D eigenvalue weighted by molar-refractivity contribution is 5.94. The fourth-order valence-electron chi connectivity index (χ4n) is 3.19. The number of fused-ring (bicyclic) bond motifs is 1. The van der Waals surface area contributed by atoms with E-state index in [2.05, 4.69) is 48.1 Å². The van der Waals surface area contributed by atoms with E-state index in [1.807, 2.05) is 7.05 Å². The molecule has 0 aliphatic heterocycles. The van der Waals surface area contributed by atoms with Crippen molar-refractivity contribution in [1.82, 2.24) is 19.9 Å². The Balaban J connectivity index is 0.00000261. The van der Waals surface area contributed by atoms with E-state index in [0.29, 0.717) is 34.6 Å². The second kappa shape index (κ2) is 9.70. The molecule has 0 unspecified atom stereocenters. The van der Waals surface area contributed by atoms with Gasteiger partial charge in [0.15, 0.2) is 11.6 Å². The van der Waals surface area contributed by atoms with E-state index in [-0.39, 0.29) is 24.6 Å². The average Bonchev–Trinajstić information content (AvgIpc) is 2.67. The van der Waals surface area contributed by atoms with Gasteiger partial charge in [0.1, 0.15) is 11.0 Å². The van der Waals surface area contributed by atoms with Gasteiger partial charge in [-0.05, 0) is 19.3 Å². The molecule has 0 radical (unpaired) electrons. The van der Waals surface area contributed by atoms with Crippen molar-refractivity contribution in [2.45, 2.75) is 51.2 Å². The fraction of sp³-hybridized carbons (Fsp3) is 0.647. The van der Waals surface area contributed by atoms with Gasteiger partial charge in [0, 0.05) is 20.6 Å². The van der Waals surface area contributed by atoms with Gasteiger partial charge in [-0.1, -0.05) is 19.8 Å². The zero-order valence-corrected chi connectivity index (χ0v) is 16.9. The SMILES string of the molecule is CCCNc1nc(NC)c2nc(N[C@H]3CCCC[C@H]3O)nc(NC)c2n1.Cl. The monoisotopic (exact) mass is 396 g/mol. The lowest BCUT2D eigenvalue weighted by molar-refractivity contribution is 0.116. The molecule has 5 N–H and O–H groups in total. The van der Waals surface area contributed by atoms with Crippen molar-refractivity contribution in [3.63, 3.8) is 0 Å². The summed E-state index contributed by atoms with van der Waals surface area (Å²) < 4.78 is 0. The molecule has 1 aliphatic rings. The van der Waals surface area contributed by atoms with Crippen LogP contribution in [0.5, 0.6) is 0 Å². The number of hydrogen-bond acceptors (Lipinski definition) is 9. The summed E-state index contributed by atoms with van der Waals surface area (Å²) in [5.74, 6) is 2.29. The van der Waals surface area contributed by atoms with Crippen molar-refractivity contribution in [2.24, 2.45) is 0 Å². The molecule has 1 fully saturated rings. The van der Waals surface area contributed by atoms with Crippen LogP contribution in [-0.2, 0) is 0 Å². The normalized spacial score (nSPS) is 19.3. The number of rotatable bonds is 7. The Morgan fingerprint density at radius 2 is 1.52 bits per heavy atom. The lowest BCUT2D eigenvalue weighted by Crippen LogP contribution is -2.36. The molecule has 0 amide bonds. The minimum Gasteiger partial charge on any atom is -0.391 e. The first-order valence-electron chi connectivity index (χ1n) is 9.30. The minimum absolute atomic E-state index is 0. The number of nitrogens with zero attached hydrogens (tertiary/aromatic N) is 4. The van der Waals surface area contributed by atoms with Gasteiger partial charge in [-0.2, -0.15) is 9.97 Å². The zero-order chi connectivity index (χ0) is 18.5. The number of aromatic nitrogens is 4. The van der Waals surface area contributed by atoms with Crippen LogP contribution < -0.4 is 21.3 Å². The summed E-state index contributed by atoms with van der Waals surface area (Å²) in [5, 5.41) is 22.9. The molecule has 1 saturated carbocycles. The number of aliphatic hydroxyl groups excluding tert-OH is 1. The van der Waals surface area contributed by atoms with Crippen LogP contribution in [0.25, 0.3) is 11.0 Å². The van der Waals surface area contributed by atoms with Crippen LogP contribution in [0.15, 0.2) is 0 Å². The minimum atomic E-state index is -0.373. The molecule has 2 aromatic rings. The summed E-state index contributed by atoms with van der Waals surface area (Å²) in [5.41, 5.74) is 1.29. The summed E-state index contributed by atoms with van der Waals surface area (Å²) in [7, 11) is 3.62. The Bertz CT molecular complexity index is 759. The predicted octanol–water partition coefficient (Wildman–Crippen LogP) is 2.46. The summed E-state index contributed by atoms with van der Waals surface area (Å²) in [6, 6.07) is -0.0321. The van der Waals surface area contributed by atoms with Crippen LogP contribution in [0.1, 0.15) is 39.0 Å². The lowest BCUT2D eigenvalue weighted by atomic mass is 9.93. The number of anilines is 4. The number of hydrogen-bond donors (Lipinski definition) is 5. The highest BCUT2D eigenvalue weighted by Gasteiger charge is 2.24. The van der Waals surface area contributed by atoms with E-state index in [9.17, 15) is 5.11 Å². The molecule has 2 aromatic heterocycles. The first-order valence-corrected chi connectivity index (χ1v) is 9.30. The standard InChI is InChI=1S/C17H28N8O.ClH/c1-4-9-20-16-22-12-13(14(18-2)24-16)23-17(25-15(12)19-3)21-10-7-5-6-8-11(10)26;/h10-11,26H,4-9H2,1-3H3,(H2,18,20,22,24)(H2,19,21,23,25);1H/t10-,11+;/m0./s1. The van der Waals surface area contributed by atoms with Crippen molar-refractivity contribution in [3.05, 3.63) is 0 Å². The molecule has 0 spiro atoms. The molecular formula is C17H29ClN8O. The first kappa shape index (κ1) is 21.2. The molecule has 0 bridgehead atoms. The van der Waals surface area contributed by atoms with Crippen LogP contribution in [0.3, 0.4) is 0 Å². The molecular weight excluding hydrogens is 368 g/mol. The Labute approximate surface area is 165 Å². The first-order chi connectivity index (χ1) is 12.7. The highest BCUT2D eigenvalue weighted by Crippen LogP contribution is 2.28. The van der Waals surface area contributed by atoms with Gasteiger partial charge < -0.3 is 26.4 Å². The van der Waals surface area contributed by atoms with Gasteiger partial charge >= 0.3 is 0 Å². The van der Waals surface area contributed by atoms with E-state index >= 15 is 0 Å². The van der Waals surface area contributed by atoms with Gasteiger partial charge in [0.25, 0.3) is 0 Å².